The first-order valence-electron chi connectivity index (χ1n) is 12.5. The number of pyridine rings is 1. The molecule has 2 unspecified atom stereocenters. The predicted molar refractivity (Wildman–Crippen MR) is 128 cm³/mol. The van der Waals surface area contributed by atoms with E-state index in [1.807, 2.05) is 18.5 Å². The minimum Gasteiger partial charge on any atom is -0.394 e. The summed E-state index contributed by atoms with van der Waals surface area (Å²) in [6.45, 7) is 1.17. The van der Waals surface area contributed by atoms with Crippen LogP contribution < -0.4 is 0 Å². The zero-order chi connectivity index (χ0) is 24.3. The number of unbranched alkanes of at least 4 members (excludes halogenated alkanes) is 9. The zero-order valence-electron chi connectivity index (χ0n) is 20.5. The van der Waals surface area contributed by atoms with Crippen LogP contribution in [0.25, 0.3) is 0 Å². The molecule has 8 nitrogen and oxygen atoms in total. The van der Waals surface area contributed by atoms with Crippen molar-refractivity contribution in [2.75, 3.05) is 26.9 Å². The predicted octanol–water partition coefficient (Wildman–Crippen LogP) is 2.83. The smallest absolute Gasteiger partial charge is 0.156 e. The number of aromatic nitrogens is 1. The van der Waals surface area contributed by atoms with Crippen LogP contribution in [0.3, 0.4) is 0 Å². The van der Waals surface area contributed by atoms with Gasteiger partial charge in [-0.3, -0.25) is 9.82 Å². The Kier molecular flexibility index (Phi) is 17.4. The molecule has 0 aliphatic rings. The molecule has 0 fully saturated rings. The van der Waals surface area contributed by atoms with Gasteiger partial charge in [-0.2, -0.15) is 5.06 Å². The third-order valence-corrected chi connectivity index (χ3v) is 5.92. The Morgan fingerprint density at radius 3 is 2.00 bits per heavy atom. The van der Waals surface area contributed by atoms with Crippen molar-refractivity contribution in [3.8, 4) is 0 Å². The first-order chi connectivity index (χ1) is 16.0. The van der Waals surface area contributed by atoms with E-state index >= 15 is 0 Å². The average molecular weight is 471 g/mol. The molecule has 1 aromatic heterocycles. The monoisotopic (exact) mass is 470 g/mol. The van der Waals surface area contributed by atoms with Gasteiger partial charge in [-0.05, 0) is 37.8 Å². The third-order valence-electron chi connectivity index (χ3n) is 5.92. The molecule has 0 aliphatic carbocycles. The van der Waals surface area contributed by atoms with Crippen LogP contribution in [0, 0.1) is 0 Å². The van der Waals surface area contributed by atoms with Crippen molar-refractivity contribution in [1.82, 2.24) is 10.0 Å². The van der Waals surface area contributed by atoms with E-state index in [-0.39, 0.29) is 6.61 Å². The second-order valence-corrected chi connectivity index (χ2v) is 8.70. The van der Waals surface area contributed by atoms with Gasteiger partial charge in [0.15, 0.2) is 6.23 Å². The lowest BCUT2D eigenvalue weighted by atomic mass is 10.0. The molecule has 4 atom stereocenters. The Hall–Kier alpha value is -1.13. The number of aliphatic hydroxyl groups excluding tert-OH is 4. The van der Waals surface area contributed by atoms with Crippen molar-refractivity contribution in [3.63, 3.8) is 0 Å². The largest absolute Gasteiger partial charge is 0.394 e. The normalized spacial score (nSPS) is 15.5. The summed E-state index contributed by atoms with van der Waals surface area (Å²) in [6.07, 6.45) is 12.7. The highest BCUT2D eigenvalue weighted by Gasteiger charge is 2.29. The van der Waals surface area contributed by atoms with Gasteiger partial charge in [0, 0.05) is 18.9 Å². The van der Waals surface area contributed by atoms with Crippen molar-refractivity contribution < 1.29 is 30.0 Å². The van der Waals surface area contributed by atoms with Crippen LogP contribution in [0.5, 0.6) is 0 Å². The summed E-state index contributed by atoms with van der Waals surface area (Å²) < 4.78 is 5.59. The number of aliphatic hydroxyl groups is 4. The summed E-state index contributed by atoms with van der Waals surface area (Å²) in [7, 11) is 1.50. The summed E-state index contributed by atoms with van der Waals surface area (Å²) in [5.41, 5.74) is 1.33. The lowest BCUT2D eigenvalue weighted by Crippen LogP contribution is -2.48. The molecule has 0 saturated carbocycles. The molecule has 4 N–H and O–H groups in total. The summed E-state index contributed by atoms with van der Waals surface area (Å²) in [4.78, 5) is 9.48. The molecular weight excluding hydrogens is 424 g/mol. The van der Waals surface area contributed by atoms with Gasteiger partial charge in [-0.25, -0.2) is 0 Å². The lowest BCUT2D eigenvalue weighted by Gasteiger charge is -2.33. The van der Waals surface area contributed by atoms with Gasteiger partial charge in [0.05, 0.1) is 26.4 Å². The minimum absolute atomic E-state index is 0.348. The van der Waals surface area contributed by atoms with E-state index in [9.17, 15) is 20.4 Å². The van der Waals surface area contributed by atoms with Gasteiger partial charge < -0.3 is 25.2 Å². The van der Waals surface area contributed by atoms with Crippen LogP contribution in [0.4, 0.5) is 0 Å². The lowest BCUT2D eigenvalue weighted by molar-refractivity contribution is -0.273. The quantitative estimate of drug-likeness (QED) is 0.123. The van der Waals surface area contributed by atoms with Crippen LogP contribution in [-0.2, 0) is 16.0 Å². The molecule has 33 heavy (non-hydrogen) atoms. The molecule has 0 aliphatic heterocycles. The molecule has 8 heteroatoms. The Morgan fingerprint density at radius 1 is 0.909 bits per heavy atom. The van der Waals surface area contributed by atoms with E-state index in [4.69, 9.17) is 9.57 Å². The van der Waals surface area contributed by atoms with Gasteiger partial charge in [-0.15, -0.1) is 0 Å². The highest BCUT2D eigenvalue weighted by molar-refractivity contribution is 5.08. The number of aryl methyl sites for hydroxylation is 1. The van der Waals surface area contributed by atoms with Gasteiger partial charge >= 0.3 is 0 Å². The minimum atomic E-state index is -1.25. The Labute approximate surface area is 199 Å². The Bertz CT molecular complexity index is 563. The van der Waals surface area contributed by atoms with Crippen LogP contribution in [0.15, 0.2) is 24.5 Å². The fourth-order valence-corrected chi connectivity index (χ4v) is 3.86. The van der Waals surface area contributed by atoms with Crippen LogP contribution in [0.1, 0.15) is 76.7 Å². The first-order valence-corrected chi connectivity index (χ1v) is 12.5. The van der Waals surface area contributed by atoms with Gasteiger partial charge in [-0.1, -0.05) is 57.4 Å². The molecule has 1 aromatic rings. The zero-order valence-corrected chi connectivity index (χ0v) is 20.5. The number of ether oxygens (including phenoxy) is 1. The van der Waals surface area contributed by atoms with Crippen molar-refractivity contribution in [2.24, 2.45) is 0 Å². The van der Waals surface area contributed by atoms with Gasteiger partial charge in [0.2, 0.25) is 0 Å². The Morgan fingerprint density at radius 2 is 1.52 bits per heavy atom. The number of hydrogen-bond donors (Lipinski definition) is 4. The summed E-state index contributed by atoms with van der Waals surface area (Å²) in [5.74, 6) is 0. The summed E-state index contributed by atoms with van der Waals surface area (Å²) in [6, 6.07) is 4.14. The van der Waals surface area contributed by atoms with Gasteiger partial charge in [0.25, 0.3) is 0 Å². The topological polar surface area (TPSA) is 116 Å². The summed E-state index contributed by atoms with van der Waals surface area (Å²) in [5, 5.41) is 40.0. The maximum Gasteiger partial charge on any atom is 0.156 e. The molecule has 0 spiro atoms. The van der Waals surface area contributed by atoms with E-state index in [1.165, 1.54) is 69.6 Å². The molecular formula is C25H46N2O6. The summed E-state index contributed by atoms with van der Waals surface area (Å²) >= 11 is 0. The molecule has 0 radical (unpaired) electrons. The van der Waals surface area contributed by atoms with E-state index in [2.05, 4.69) is 11.1 Å². The fourth-order valence-electron chi connectivity index (χ4n) is 3.86. The standard InChI is InChI=1S/C25H46N2O6/c1-21(30)25(31)23(19-28)33-24(20-29)27(32-2)17-12-10-8-6-4-3-5-7-9-11-14-22-15-13-16-26-18-22/h13,15-16,18,21,23-25,28-31H,3-12,14,17,19-20H2,1-2H3/t21?,23?,24-,25+/m1/s1. The van der Waals surface area contributed by atoms with Crippen LogP contribution >= 0.6 is 0 Å². The molecule has 1 rings (SSSR count). The number of rotatable bonds is 21. The van der Waals surface area contributed by atoms with Gasteiger partial charge in [0.1, 0.15) is 12.2 Å². The van der Waals surface area contributed by atoms with E-state index in [0.717, 1.165) is 25.7 Å². The maximum atomic E-state index is 9.93. The molecule has 0 bridgehead atoms. The molecule has 192 valence electrons. The average Bonchev–Trinajstić information content (AvgIpc) is 2.83. The van der Waals surface area contributed by atoms with E-state index < -0.39 is 31.1 Å². The number of hydrogen-bond acceptors (Lipinski definition) is 8. The SMILES string of the molecule is CON(CCCCCCCCCCCCc1cccnc1)[C@@H](CO)OC(CO)[C@@H](O)C(C)O. The number of hydroxylamine groups is 2. The first kappa shape index (κ1) is 29.9. The van der Waals surface area contributed by atoms with E-state index in [0.29, 0.717) is 6.54 Å². The molecule has 0 saturated heterocycles. The van der Waals surface area contributed by atoms with Crippen LogP contribution in [0.2, 0.25) is 0 Å². The maximum absolute atomic E-state index is 9.93. The van der Waals surface area contributed by atoms with Crippen molar-refractivity contribution >= 4 is 0 Å². The second kappa shape index (κ2) is 19.2. The highest BCUT2D eigenvalue weighted by Crippen LogP contribution is 2.14. The fraction of sp³-hybridized carbons (Fsp3) is 0.800. The van der Waals surface area contributed by atoms with Crippen molar-refractivity contribution in [3.05, 3.63) is 30.1 Å². The van der Waals surface area contributed by atoms with E-state index in [1.54, 1.807) is 0 Å². The van der Waals surface area contributed by atoms with Crippen molar-refractivity contribution in [2.45, 2.75) is 102 Å². The molecule has 0 amide bonds. The second-order valence-electron chi connectivity index (χ2n) is 8.70. The third kappa shape index (κ3) is 13.4. The highest BCUT2D eigenvalue weighted by atomic mass is 16.7. The van der Waals surface area contributed by atoms with Crippen molar-refractivity contribution in [1.29, 1.82) is 0 Å². The Balaban J connectivity index is 2.07. The molecule has 0 aromatic carbocycles. The van der Waals surface area contributed by atoms with Crippen LogP contribution in [-0.4, -0.2) is 81.9 Å². The number of nitrogens with zero attached hydrogens (tertiary/aromatic N) is 2. The molecule has 1 heterocycles.